The molecule has 0 fully saturated rings. The molecule has 1 aromatic carbocycles. The van der Waals surface area contributed by atoms with Crippen molar-refractivity contribution in [1.29, 1.82) is 0 Å². The average Bonchev–Trinajstić information content (AvgIpc) is 2.56. The van der Waals surface area contributed by atoms with Crippen LogP contribution in [0.15, 0.2) is 18.2 Å². The van der Waals surface area contributed by atoms with Crippen molar-refractivity contribution in [3.05, 3.63) is 28.8 Å². The van der Waals surface area contributed by atoms with E-state index < -0.39 is 0 Å². The van der Waals surface area contributed by atoms with Gasteiger partial charge in [-0.3, -0.25) is 4.79 Å². The minimum atomic E-state index is -0.121. The maximum absolute atomic E-state index is 12.2. The first-order valence-corrected chi connectivity index (χ1v) is 9.18. The number of methoxy groups -OCH3 is 1. The first-order valence-electron chi connectivity index (χ1n) is 8.80. The summed E-state index contributed by atoms with van der Waals surface area (Å²) < 4.78 is 5.20. The molecule has 3 nitrogen and oxygen atoms in total. The molecule has 0 bridgehead atoms. The lowest BCUT2D eigenvalue weighted by atomic mass is 10.1. The number of hydrogen-bond donors (Lipinski definition) is 1. The minimum absolute atomic E-state index is 0.121. The van der Waals surface area contributed by atoms with E-state index in [4.69, 9.17) is 16.3 Å². The molecule has 0 unspecified atom stereocenters. The molecule has 1 rings (SSSR count). The summed E-state index contributed by atoms with van der Waals surface area (Å²) in [5.74, 6) is 0.433. The topological polar surface area (TPSA) is 38.3 Å². The minimum Gasteiger partial charge on any atom is -0.496 e. The molecule has 0 heterocycles. The zero-order valence-electron chi connectivity index (χ0n) is 14.5. The zero-order chi connectivity index (χ0) is 16.9. The SMILES string of the molecule is CCCCCCCCCCCNC(=O)c1cc(Cl)ccc1OC. The van der Waals surface area contributed by atoms with Crippen LogP contribution in [0.1, 0.15) is 75.1 Å². The van der Waals surface area contributed by atoms with Gasteiger partial charge in [-0.2, -0.15) is 0 Å². The van der Waals surface area contributed by atoms with Gasteiger partial charge in [0, 0.05) is 11.6 Å². The number of unbranched alkanes of at least 4 members (excludes halogenated alkanes) is 8. The predicted octanol–water partition coefficient (Wildman–Crippen LogP) is 5.61. The quantitative estimate of drug-likeness (QED) is 0.503. The number of hydrogen-bond acceptors (Lipinski definition) is 2. The molecule has 0 spiro atoms. The van der Waals surface area contributed by atoms with E-state index in [9.17, 15) is 4.79 Å². The lowest BCUT2D eigenvalue weighted by Crippen LogP contribution is -2.24. The molecule has 1 aromatic rings. The van der Waals surface area contributed by atoms with Crippen LogP contribution in [0.2, 0.25) is 5.02 Å². The van der Waals surface area contributed by atoms with Crippen LogP contribution in [0, 0.1) is 0 Å². The Morgan fingerprint density at radius 2 is 1.65 bits per heavy atom. The summed E-state index contributed by atoms with van der Waals surface area (Å²) in [6.45, 7) is 2.94. The molecule has 0 atom stereocenters. The highest BCUT2D eigenvalue weighted by Gasteiger charge is 2.12. The van der Waals surface area contributed by atoms with Gasteiger partial charge in [-0.25, -0.2) is 0 Å². The third kappa shape index (κ3) is 8.26. The number of halogens is 1. The standard InChI is InChI=1S/C19H30ClNO2/c1-3-4-5-6-7-8-9-10-11-14-21-19(22)17-15-16(20)12-13-18(17)23-2/h12-13,15H,3-11,14H2,1-2H3,(H,21,22). The van der Waals surface area contributed by atoms with E-state index in [2.05, 4.69) is 12.2 Å². The molecule has 0 saturated heterocycles. The number of amides is 1. The second-order valence-corrected chi connectivity index (χ2v) is 6.37. The highest BCUT2D eigenvalue weighted by Crippen LogP contribution is 2.22. The Kier molecular flexibility index (Phi) is 10.5. The predicted molar refractivity (Wildman–Crippen MR) is 97.6 cm³/mol. The molecule has 0 radical (unpaired) electrons. The number of ether oxygens (including phenoxy) is 1. The van der Waals surface area contributed by atoms with Gasteiger partial charge in [0.25, 0.3) is 5.91 Å². The number of rotatable bonds is 12. The fraction of sp³-hybridized carbons (Fsp3) is 0.632. The molecule has 0 saturated carbocycles. The Labute approximate surface area is 145 Å². The molecule has 1 amide bonds. The van der Waals surface area contributed by atoms with Crippen molar-refractivity contribution in [3.8, 4) is 5.75 Å². The van der Waals surface area contributed by atoms with Crippen LogP contribution >= 0.6 is 11.6 Å². The fourth-order valence-electron chi connectivity index (χ4n) is 2.59. The molecule has 4 heteroatoms. The van der Waals surface area contributed by atoms with Crippen molar-refractivity contribution in [2.24, 2.45) is 0 Å². The Morgan fingerprint density at radius 3 is 2.26 bits per heavy atom. The Hall–Kier alpha value is -1.22. The van der Waals surface area contributed by atoms with Crippen molar-refractivity contribution in [3.63, 3.8) is 0 Å². The monoisotopic (exact) mass is 339 g/mol. The summed E-state index contributed by atoms with van der Waals surface area (Å²) in [7, 11) is 1.56. The van der Waals surface area contributed by atoms with Gasteiger partial charge in [0.15, 0.2) is 0 Å². The van der Waals surface area contributed by atoms with E-state index in [0.717, 1.165) is 6.42 Å². The van der Waals surface area contributed by atoms with E-state index in [0.29, 0.717) is 22.9 Å². The molecule has 1 N–H and O–H groups in total. The third-order valence-corrected chi connectivity index (χ3v) is 4.21. The van der Waals surface area contributed by atoms with Crippen molar-refractivity contribution in [2.45, 2.75) is 64.7 Å². The molecular formula is C19H30ClNO2. The largest absolute Gasteiger partial charge is 0.496 e. The van der Waals surface area contributed by atoms with Crippen molar-refractivity contribution in [1.82, 2.24) is 5.32 Å². The van der Waals surface area contributed by atoms with Gasteiger partial charge < -0.3 is 10.1 Å². The molecule has 0 aliphatic rings. The third-order valence-electron chi connectivity index (χ3n) is 3.97. The summed E-state index contributed by atoms with van der Waals surface area (Å²) in [6, 6.07) is 5.08. The maximum Gasteiger partial charge on any atom is 0.255 e. The van der Waals surface area contributed by atoms with Crippen molar-refractivity contribution in [2.75, 3.05) is 13.7 Å². The summed E-state index contributed by atoms with van der Waals surface area (Å²) in [5.41, 5.74) is 0.496. The normalized spacial score (nSPS) is 10.6. The molecule has 0 aromatic heterocycles. The first kappa shape index (κ1) is 19.8. The van der Waals surface area contributed by atoms with Crippen LogP contribution in [0.4, 0.5) is 0 Å². The molecule has 0 aliphatic heterocycles. The van der Waals surface area contributed by atoms with E-state index >= 15 is 0 Å². The maximum atomic E-state index is 12.2. The lowest BCUT2D eigenvalue weighted by Gasteiger charge is -2.09. The van der Waals surface area contributed by atoms with Gasteiger partial charge in [-0.15, -0.1) is 0 Å². The van der Waals surface area contributed by atoms with E-state index in [1.54, 1.807) is 25.3 Å². The summed E-state index contributed by atoms with van der Waals surface area (Å²) in [5, 5.41) is 3.48. The van der Waals surface area contributed by atoms with Gasteiger partial charge in [0.2, 0.25) is 0 Å². The summed E-state index contributed by atoms with van der Waals surface area (Å²) in [6.07, 6.45) is 11.5. The summed E-state index contributed by atoms with van der Waals surface area (Å²) in [4.78, 5) is 12.2. The van der Waals surface area contributed by atoms with Crippen LogP contribution in [0.5, 0.6) is 5.75 Å². The smallest absolute Gasteiger partial charge is 0.255 e. The van der Waals surface area contributed by atoms with Gasteiger partial charge in [-0.1, -0.05) is 69.9 Å². The van der Waals surface area contributed by atoms with E-state index in [1.165, 1.54) is 51.4 Å². The molecule has 130 valence electrons. The van der Waals surface area contributed by atoms with Crippen molar-refractivity contribution < 1.29 is 9.53 Å². The van der Waals surface area contributed by atoms with Crippen LogP contribution in [-0.4, -0.2) is 19.6 Å². The van der Waals surface area contributed by atoms with Gasteiger partial charge in [0.05, 0.1) is 12.7 Å². The Balaban J connectivity index is 2.14. The zero-order valence-corrected chi connectivity index (χ0v) is 15.3. The van der Waals surface area contributed by atoms with Crippen LogP contribution in [0.3, 0.4) is 0 Å². The number of carbonyl (C=O) groups excluding carboxylic acids is 1. The second kappa shape index (κ2) is 12.2. The lowest BCUT2D eigenvalue weighted by molar-refractivity contribution is 0.0950. The number of carbonyl (C=O) groups is 1. The van der Waals surface area contributed by atoms with Crippen molar-refractivity contribution >= 4 is 17.5 Å². The summed E-state index contributed by atoms with van der Waals surface area (Å²) >= 11 is 5.95. The highest BCUT2D eigenvalue weighted by atomic mass is 35.5. The molecule has 0 aliphatic carbocycles. The molecule has 23 heavy (non-hydrogen) atoms. The number of nitrogens with one attached hydrogen (secondary N) is 1. The Morgan fingerprint density at radius 1 is 1.04 bits per heavy atom. The second-order valence-electron chi connectivity index (χ2n) is 5.93. The van der Waals surface area contributed by atoms with Gasteiger partial charge >= 0.3 is 0 Å². The van der Waals surface area contributed by atoms with E-state index in [1.807, 2.05) is 0 Å². The molecular weight excluding hydrogens is 310 g/mol. The van der Waals surface area contributed by atoms with Crippen LogP contribution in [-0.2, 0) is 0 Å². The van der Waals surface area contributed by atoms with Gasteiger partial charge in [0.1, 0.15) is 5.75 Å². The van der Waals surface area contributed by atoms with Gasteiger partial charge in [-0.05, 0) is 24.6 Å². The first-order chi connectivity index (χ1) is 11.2. The van der Waals surface area contributed by atoms with E-state index in [-0.39, 0.29) is 5.91 Å². The fourth-order valence-corrected chi connectivity index (χ4v) is 2.76. The van der Waals surface area contributed by atoms with Crippen LogP contribution < -0.4 is 10.1 Å². The highest BCUT2D eigenvalue weighted by molar-refractivity contribution is 6.31. The average molecular weight is 340 g/mol. The Bertz CT molecular complexity index is 463. The number of benzene rings is 1. The van der Waals surface area contributed by atoms with Crippen LogP contribution in [0.25, 0.3) is 0 Å².